The monoisotopic (exact) mass is 450 g/mol. The third-order valence-corrected chi connectivity index (χ3v) is 5.11. The number of rotatable bonds is 3. The van der Waals surface area contributed by atoms with Gasteiger partial charge in [0, 0.05) is 16.0 Å². The molecule has 9 heteroatoms. The highest BCUT2D eigenvalue weighted by Crippen LogP contribution is 2.34. The van der Waals surface area contributed by atoms with Crippen molar-refractivity contribution in [3.8, 4) is 11.3 Å². The molecular weight excluding hydrogens is 439 g/mol. The van der Waals surface area contributed by atoms with Crippen molar-refractivity contribution in [1.82, 2.24) is 9.78 Å². The molecule has 0 amide bonds. The van der Waals surface area contributed by atoms with Gasteiger partial charge in [-0.3, -0.25) is 9.48 Å². The molecule has 0 spiro atoms. The molecule has 1 aromatic heterocycles. The Labute approximate surface area is 177 Å². The van der Waals surface area contributed by atoms with Crippen molar-refractivity contribution in [2.75, 3.05) is 0 Å². The molecule has 158 valence electrons. The van der Waals surface area contributed by atoms with E-state index in [1.807, 2.05) is 0 Å². The molecule has 31 heavy (non-hydrogen) atoms. The second kappa shape index (κ2) is 7.77. The van der Waals surface area contributed by atoms with Crippen LogP contribution in [0.25, 0.3) is 22.2 Å². The molecular formula is C22H12ClF5N2O. The molecule has 4 rings (SSSR count). The first-order valence-electron chi connectivity index (χ1n) is 8.96. The fourth-order valence-corrected chi connectivity index (χ4v) is 3.51. The first-order valence-corrected chi connectivity index (χ1v) is 9.34. The number of nitrogens with zero attached hydrogens (tertiary/aromatic N) is 2. The lowest BCUT2D eigenvalue weighted by Crippen LogP contribution is -2.18. The van der Waals surface area contributed by atoms with Crippen LogP contribution < -0.4 is 5.43 Å². The molecule has 0 saturated heterocycles. The van der Waals surface area contributed by atoms with Crippen LogP contribution in [0.1, 0.15) is 11.1 Å². The molecule has 0 atom stereocenters. The van der Waals surface area contributed by atoms with Gasteiger partial charge in [-0.1, -0.05) is 35.9 Å². The van der Waals surface area contributed by atoms with Gasteiger partial charge >= 0.3 is 6.18 Å². The van der Waals surface area contributed by atoms with Gasteiger partial charge in [0.2, 0.25) is 5.43 Å². The summed E-state index contributed by atoms with van der Waals surface area (Å²) in [6.45, 7) is -0.0203. The van der Waals surface area contributed by atoms with Crippen LogP contribution in [0.5, 0.6) is 0 Å². The van der Waals surface area contributed by atoms with Crippen LogP contribution in [0.2, 0.25) is 5.02 Å². The predicted molar refractivity (Wildman–Crippen MR) is 107 cm³/mol. The van der Waals surface area contributed by atoms with Gasteiger partial charge in [0.05, 0.1) is 17.6 Å². The number of benzene rings is 3. The smallest absolute Gasteiger partial charge is 0.287 e. The van der Waals surface area contributed by atoms with Crippen molar-refractivity contribution in [3.63, 3.8) is 0 Å². The lowest BCUT2D eigenvalue weighted by molar-refractivity contribution is -0.139. The average Bonchev–Trinajstić information content (AvgIpc) is 2.71. The molecule has 0 saturated carbocycles. The number of para-hydroxylation sites is 1. The summed E-state index contributed by atoms with van der Waals surface area (Å²) in [5.41, 5.74) is -2.42. The van der Waals surface area contributed by atoms with E-state index in [1.54, 1.807) is 18.2 Å². The quantitative estimate of drug-likeness (QED) is 0.355. The Morgan fingerprint density at radius 1 is 0.968 bits per heavy atom. The normalized spacial score (nSPS) is 11.8. The molecule has 0 fully saturated rings. The van der Waals surface area contributed by atoms with Gasteiger partial charge in [0.25, 0.3) is 0 Å². The molecule has 0 bridgehead atoms. The average molecular weight is 451 g/mol. The Hall–Kier alpha value is -3.26. The topological polar surface area (TPSA) is 34.9 Å². The zero-order valence-electron chi connectivity index (χ0n) is 15.6. The number of halogens is 6. The Morgan fingerprint density at radius 3 is 2.42 bits per heavy atom. The van der Waals surface area contributed by atoms with Gasteiger partial charge in [0.1, 0.15) is 17.3 Å². The van der Waals surface area contributed by atoms with E-state index in [9.17, 15) is 26.7 Å². The van der Waals surface area contributed by atoms with Crippen LogP contribution >= 0.6 is 11.6 Å². The van der Waals surface area contributed by atoms with E-state index in [2.05, 4.69) is 5.10 Å². The number of alkyl halides is 3. The summed E-state index contributed by atoms with van der Waals surface area (Å²) in [4.78, 5) is 13.0. The van der Waals surface area contributed by atoms with Crippen molar-refractivity contribution in [1.29, 1.82) is 0 Å². The van der Waals surface area contributed by atoms with Crippen LogP contribution in [-0.2, 0) is 12.7 Å². The molecule has 1 heterocycles. The third kappa shape index (κ3) is 3.90. The molecule has 0 N–H and O–H groups in total. The van der Waals surface area contributed by atoms with Crippen molar-refractivity contribution in [2.45, 2.75) is 12.7 Å². The maximum Gasteiger partial charge on any atom is 0.419 e. The fourth-order valence-electron chi connectivity index (χ4n) is 3.28. The first-order chi connectivity index (χ1) is 14.7. The zero-order chi connectivity index (χ0) is 22.3. The highest BCUT2D eigenvalue weighted by molar-refractivity contribution is 6.31. The van der Waals surface area contributed by atoms with Crippen LogP contribution in [0.15, 0.2) is 65.5 Å². The van der Waals surface area contributed by atoms with E-state index in [1.165, 1.54) is 22.9 Å². The summed E-state index contributed by atoms with van der Waals surface area (Å²) >= 11 is 6.09. The van der Waals surface area contributed by atoms with Crippen LogP contribution in [0.3, 0.4) is 0 Å². The minimum absolute atomic E-state index is 0.0203. The van der Waals surface area contributed by atoms with E-state index < -0.39 is 40.1 Å². The lowest BCUT2D eigenvalue weighted by atomic mass is 10.0. The van der Waals surface area contributed by atoms with Crippen molar-refractivity contribution in [2.24, 2.45) is 0 Å². The Kier molecular flexibility index (Phi) is 5.26. The minimum atomic E-state index is -4.93. The van der Waals surface area contributed by atoms with E-state index >= 15 is 0 Å². The second-order valence-electron chi connectivity index (χ2n) is 6.75. The van der Waals surface area contributed by atoms with E-state index in [0.717, 1.165) is 18.2 Å². The van der Waals surface area contributed by atoms with E-state index in [-0.39, 0.29) is 17.0 Å². The van der Waals surface area contributed by atoms with E-state index in [4.69, 9.17) is 11.6 Å². The Morgan fingerprint density at radius 2 is 1.71 bits per heavy atom. The predicted octanol–water partition coefficient (Wildman–Crippen LogP) is 6.06. The standard InChI is InChI=1S/C22H12ClF5N2O/c23-17-10-13(24)9-8-12(17)11-30-18-7-2-1-4-14(18)21(31)20(29-30)15-5-3-6-16(19(15)25)22(26,27)28/h1-10H,11H2. The number of fused-ring (bicyclic) bond motifs is 1. The molecule has 3 aromatic carbocycles. The third-order valence-electron chi connectivity index (χ3n) is 4.76. The second-order valence-corrected chi connectivity index (χ2v) is 7.16. The van der Waals surface area contributed by atoms with Crippen molar-refractivity contribution >= 4 is 22.5 Å². The molecule has 0 aliphatic rings. The van der Waals surface area contributed by atoms with Crippen molar-refractivity contribution < 1.29 is 22.0 Å². The fraction of sp³-hybridized carbons (Fsp3) is 0.0909. The number of hydrogen-bond donors (Lipinski definition) is 0. The molecule has 0 aliphatic heterocycles. The number of aromatic nitrogens is 2. The summed E-state index contributed by atoms with van der Waals surface area (Å²) in [6, 6.07) is 12.7. The molecule has 0 unspecified atom stereocenters. The van der Waals surface area contributed by atoms with Crippen LogP contribution in [0, 0.1) is 11.6 Å². The van der Waals surface area contributed by atoms with Gasteiger partial charge in [-0.25, -0.2) is 8.78 Å². The summed E-state index contributed by atoms with van der Waals surface area (Å²) in [7, 11) is 0. The summed E-state index contributed by atoms with van der Waals surface area (Å²) in [5.74, 6) is -2.13. The molecule has 0 radical (unpaired) electrons. The number of hydrogen-bond acceptors (Lipinski definition) is 2. The maximum atomic E-state index is 14.7. The van der Waals surface area contributed by atoms with Crippen LogP contribution in [0.4, 0.5) is 22.0 Å². The van der Waals surface area contributed by atoms with Gasteiger partial charge in [-0.05, 0) is 42.0 Å². The lowest BCUT2D eigenvalue weighted by Gasteiger charge is -2.15. The van der Waals surface area contributed by atoms with Gasteiger partial charge in [-0.15, -0.1) is 0 Å². The molecule has 4 aromatic rings. The van der Waals surface area contributed by atoms with Crippen LogP contribution in [-0.4, -0.2) is 9.78 Å². The zero-order valence-corrected chi connectivity index (χ0v) is 16.3. The first kappa shape index (κ1) is 21.0. The SMILES string of the molecule is O=c1c(-c2cccc(C(F)(F)F)c2F)nn(Cc2ccc(F)cc2Cl)c2ccccc12. The Balaban J connectivity index is 1.97. The summed E-state index contributed by atoms with van der Waals surface area (Å²) in [6.07, 6.45) is -4.93. The summed E-state index contributed by atoms with van der Waals surface area (Å²) in [5, 5.41) is 4.41. The van der Waals surface area contributed by atoms with Gasteiger partial charge in [0.15, 0.2) is 0 Å². The summed E-state index contributed by atoms with van der Waals surface area (Å²) < 4.78 is 68.9. The van der Waals surface area contributed by atoms with E-state index in [0.29, 0.717) is 17.1 Å². The minimum Gasteiger partial charge on any atom is -0.287 e. The largest absolute Gasteiger partial charge is 0.419 e. The molecule has 3 nitrogen and oxygen atoms in total. The van der Waals surface area contributed by atoms with Gasteiger partial charge in [-0.2, -0.15) is 18.3 Å². The van der Waals surface area contributed by atoms with Gasteiger partial charge < -0.3 is 0 Å². The molecule has 0 aliphatic carbocycles. The van der Waals surface area contributed by atoms with Crippen molar-refractivity contribution in [3.05, 3.63) is 98.7 Å². The maximum absolute atomic E-state index is 14.7. The Bertz CT molecular complexity index is 1360. The highest BCUT2D eigenvalue weighted by Gasteiger charge is 2.35. The highest BCUT2D eigenvalue weighted by atomic mass is 35.5.